The summed E-state index contributed by atoms with van der Waals surface area (Å²) in [5.41, 5.74) is 0. The van der Waals surface area contributed by atoms with Crippen LogP contribution < -0.4 is 0 Å². The topological polar surface area (TPSA) is 62.2 Å². The molecule has 0 aliphatic carbocycles. The molecule has 0 unspecified atom stereocenters. The van der Waals surface area contributed by atoms with E-state index in [2.05, 4.69) is 13.0 Å². The first-order chi connectivity index (χ1) is 11.3. The quantitative estimate of drug-likeness (QED) is 0.294. The fourth-order valence-electron chi connectivity index (χ4n) is 2.12. The molecular formula is C18H37NO4. The first kappa shape index (κ1) is 22.4. The van der Waals surface area contributed by atoms with Gasteiger partial charge in [0.05, 0.1) is 19.4 Å². The Kier molecular flexibility index (Phi) is 18.9. The molecule has 0 bridgehead atoms. The van der Waals surface area contributed by atoms with Crippen molar-refractivity contribution in [2.45, 2.75) is 77.6 Å². The van der Waals surface area contributed by atoms with Crippen LogP contribution in [0.15, 0.2) is 12.3 Å². The largest absolute Gasteiger partial charge is 0.396 e. The molecule has 5 heteroatoms. The van der Waals surface area contributed by atoms with E-state index < -0.39 is 0 Å². The molecule has 0 heterocycles. The second kappa shape index (κ2) is 19.4. The van der Waals surface area contributed by atoms with Crippen molar-refractivity contribution >= 4 is 0 Å². The number of aliphatic hydroxyl groups is 2. The van der Waals surface area contributed by atoms with E-state index >= 15 is 0 Å². The van der Waals surface area contributed by atoms with Crippen LogP contribution in [0.4, 0.5) is 0 Å². The summed E-state index contributed by atoms with van der Waals surface area (Å²) in [5.74, 6) is 0. The molecule has 0 saturated heterocycles. The van der Waals surface area contributed by atoms with Crippen molar-refractivity contribution in [3.8, 4) is 0 Å². The summed E-state index contributed by atoms with van der Waals surface area (Å²) in [4.78, 5) is 10.8. The van der Waals surface area contributed by atoms with Gasteiger partial charge in [-0.1, -0.05) is 57.9 Å². The molecule has 0 amide bonds. The standard InChI is InChI=1S/C18H37NO4/c1-2-3-4-5-6-7-8-9-10-11-14-19(22-17-12-15-20)23-18-13-16-21/h11,14,20-21H,2-10,12-13,15-18H2,1H3. The average molecular weight is 331 g/mol. The lowest BCUT2D eigenvalue weighted by Gasteiger charge is -2.18. The Balaban J connectivity index is 3.64. The first-order valence-electron chi connectivity index (χ1n) is 9.28. The number of aliphatic hydroxyl groups excluding tert-OH is 2. The summed E-state index contributed by atoms with van der Waals surface area (Å²) in [6.07, 6.45) is 16.6. The molecule has 23 heavy (non-hydrogen) atoms. The summed E-state index contributed by atoms with van der Waals surface area (Å²) in [7, 11) is 0. The van der Waals surface area contributed by atoms with Crippen LogP contribution in [0.3, 0.4) is 0 Å². The highest BCUT2D eigenvalue weighted by molar-refractivity contribution is 4.76. The highest BCUT2D eigenvalue weighted by Gasteiger charge is 2.00. The number of hydrogen-bond acceptors (Lipinski definition) is 5. The molecule has 0 atom stereocenters. The molecule has 0 rings (SSSR count). The fourth-order valence-corrected chi connectivity index (χ4v) is 2.12. The predicted molar refractivity (Wildman–Crippen MR) is 93.5 cm³/mol. The third kappa shape index (κ3) is 17.6. The van der Waals surface area contributed by atoms with Gasteiger partial charge in [-0.15, -0.1) is 5.23 Å². The monoisotopic (exact) mass is 331 g/mol. The van der Waals surface area contributed by atoms with E-state index in [1.807, 2.05) is 0 Å². The van der Waals surface area contributed by atoms with Crippen LogP contribution >= 0.6 is 0 Å². The molecule has 0 fully saturated rings. The number of unbranched alkanes of at least 4 members (excludes halogenated alkanes) is 8. The Morgan fingerprint density at radius 3 is 1.78 bits per heavy atom. The normalized spacial score (nSPS) is 11.4. The lowest BCUT2D eigenvalue weighted by Crippen LogP contribution is -2.20. The van der Waals surface area contributed by atoms with Gasteiger partial charge in [0.1, 0.15) is 0 Å². The van der Waals surface area contributed by atoms with E-state index in [1.54, 1.807) is 6.20 Å². The Morgan fingerprint density at radius 2 is 1.26 bits per heavy atom. The Labute approximate surface area is 142 Å². The first-order valence-corrected chi connectivity index (χ1v) is 9.28. The summed E-state index contributed by atoms with van der Waals surface area (Å²) in [6, 6.07) is 0. The van der Waals surface area contributed by atoms with Gasteiger partial charge in [0.15, 0.2) is 0 Å². The fraction of sp³-hybridized carbons (Fsp3) is 0.889. The van der Waals surface area contributed by atoms with E-state index in [1.165, 1.54) is 56.6 Å². The molecule has 0 aromatic rings. The highest BCUT2D eigenvalue weighted by Crippen LogP contribution is 2.10. The molecule has 2 N–H and O–H groups in total. The molecule has 0 spiro atoms. The van der Waals surface area contributed by atoms with Crippen LogP contribution in [-0.2, 0) is 9.68 Å². The van der Waals surface area contributed by atoms with Crippen LogP contribution in [0.2, 0.25) is 0 Å². The Bertz CT molecular complexity index is 239. The smallest absolute Gasteiger partial charge is 0.0797 e. The summed E-state index contributed by atoms with van der Waals surface area (Å²) in [6.45, 7) is 3.28. The lowest BCUT2D eigenvalue weighted by molar-refractivity contribution is -0.337. The number of hydroxylamine groups is 2. The second-order valence-corrected chi connectivity index (χ2v) is 5.75. The third-order valence-electron chi connectivity index (χ3n) is 3.49. The van der Waals surface area contributed by atoms with E-state index in [4.69, 9.17) is 19.9 Å². The summed E-state index contributed by atoms with van der Waals surface area (Å²) in [5, 5.41) is 18.9. The van der Waals surface area contributed by atoms with E-state index in [0.29, 0.717) is 26.1 Å². The Morgan fingerprint density at radius 1 is 0.739 bits per heavy atom. The number of allylic oxidation sites excluding steroid dienone is 1. The zero-order chi connectivity index (χ0) is 17.0. The molecule has 0 aromatic heterocycles. The molecule has 0 aliphatic heterocycles. The van der Waals surface area contributed by atoms with Crippen LogP contribution in [0, 0.1) is 0 Å². The van der Waals surface area contributed by atoms with Crippen LogP contribution in [0.5, 0.6) is 0 Å². The molecule has 5 nitrogen and oxygen atoms in total. The SMILES string of the molecule is CCCCCCCCCCC=CN(OCCCO)OCCCO. The van der Waals surface area contributed by atoms with Crippen LogP contribution in [0.25, 0.3) is 0 Å². The molecular weight excluding hydrogens is 294 g/mol. The van der Waals surface area contributed by atoms with E-state index in [9.17, 15) is 0 Å². The van der Waals surface area contributed by atoms with Crippen molar-refractivity contribution in [2.24, 2.45) is 0 Å². The van der Waals surface area contributed by atoms with Crippen LogP contribution in [-0.4, -0.2) is 41.9 Å². The molecule has 0 saturated carbocycles. The zero-order valence-corrected chi connectivity index (χ0v) is 14.9. The zero-order valence-electron chi connectivity index (χ0n) is 14.9. The average Bonchev–Trinajstić information content (AvgIpc) is 2.56. The van der Waals surface area contributed by atoms with Gasteiger partial charge in [-0.3, -0.25) is 0 Å². The van der Waals surface area contributed by atoms with Gasteiger partial charge in [0, 0.05) is 13.2 Å². The minimum atomic E-state index is 0.104. The van der Waals surface area contributed by atoms with Gasteiger partial charge in [0.25, 0.3) is 0 Å². The number of hydrogen-bond donors (Lipinski definition) is 2. The highest BCUT2D eigenvalue weighted by atomic mass is 16.9. The summed E-state index contributed by atoms with van der Waals surface area (Å²) >= 11 is 0. The number of rotatable bonds is 18. The van der Waals surface area contributed by atoms with Crippen molar-refractivity contribution < 1.29 is 19.9 Å². The molecule has 138 valence electrons. The van der Waals surface area contributed by atoms with Crippen molar-refractivity contribution in [3.05, 3.63) is 12.3 Å². The minimum absolute atomic E-state index is 0.104. The third-order valence-corrected chi connectivity index (χ3v) is 3.49. The predicted octanol–water partition coefficient (Wildman–Crippen LogP) is 3.96. The van der Waals surface area contributed by atoms with E-state index in [-0.39, 0.29) is 13.2 Å². The molecule has 0 aliphatic rings. The van der Waals surface area contributed by atoms with Gasteiger partial charge in [-0.2, -0.15) is 0 Å². The molecule has 0 aromatic carbocycles. The number of nitrogens with zero attached hydrogens (tertiary/aromatic N) is 1. The van der Waals surface area contributed by atoms with Crippen molar-refractivity contribution in [1.82, 2.24) is 5.23 Å². The minimum Gasteiger partial charge on any atom is -0.396 e. The second-order valence-electron chi connectivity index (χ2n) is 5.75. The summed E-state index contributed by atoms with van der Waals surface area (Å²) < 4.78 is 0. The van der Waals surface area contributed by atoms with Gasteiger partial charge >= 0.3 is 0 Å². The van der Waals surface area contributed by atoms with E-state index in [0.717, 1.165) is 6.42 Å². The maximum atomic E-state index is 8.77. The molecule has 0 radical (unpaired) electrons. The lowest BCUT2D eigenvalue weighted by atomic mass is 10.1. The van der Waals surface area contributed by atoms with Crippen molar-refractivity contribution in [3.63, 3.8) is 0 Å². The maximum absolute atomic E-state index is 8.77. The van der Waals surface area contributed by atoms with Gasteiger partial charge in [0.2, 0.25) is 0 Å². The van der Waals surface area contributed by atoms with Crippen LogP contribution in [0.1, 0.15) is 77.6 Å². The Hall–Kier alpha value is -0.620. The van der Waals surface area contributed by atoms with Crippen molar-refractivity contribution in [2.75, 3.05) is 26.4 Å². The maximum Gasteiger partial charge on any atom is 0.0797 e. The van der Waals surface area contributed by atoms with Gasteiger partial charge in [-0.05, 0) is 25.7 Å². The van der Waals surface area contributed by atoms with Gasteiger partial charge in [-0.25, -0.2) is 9.68 Å². The van der Waals surface area contributed by atoms with Crippen molar-refractivity contribution in [1.29, 1.82) is 0 Å². The van der Waals surface area contributed by atoms with Gasteiger partial charge < -0.3 is 10.2 Å².